The van der Waals surface area contributed by atoms with Crippen molar-refractivity contribution in [2.75, 3.05) is 26.2 Å². The fourth-order valence-corrected chi connectivity index (χ4v) is 1.75. The number of hydrogen-bond acceptors (Lipinski definition) is 5. The van der Waals surface area contributed by atoms with Crippen molar-refractivity contribution in [1.82, 2.24) is 4.90 Å². The molecule has 0 saturated carbocycles. The normalized spacial score (nSPS) is 11.8. The highest BCUT2D eigenvalue weighted by atomic mass is 16.5. The Morgan fingerprint density at radius 3 is 2.15 bits per heavy atom. The molecule has 6 nitrogen and oxygen atoms in total. The van der Waals surface area contributed by atoms with Gasteiger partial charge in [0.1, 0.15) is 5.41 Å². The summed E-state index contributed by atoms with van der Waals surface area (Å²) in [5.74, 6) is -1.04. The van der Waals surface area contributed by atoms with Gasteiger partial charge in [0.15, 0.2) is 5.78 Å². The Labute approximate surface area is 120 Å². The molecule has 2 N–H and O–H groups in total. The first-order valence-electron chi connectivity index (χ1n) is 6.82. The summed E-state index contributed by atoms with van der Waals surface area (Å²) >= 11 is 0. The molecule has 20 heavy (non-hydrogen) atoms. The highest BCUT2D eigenvalue weighted by Crippen LogP contribution is 2.19. The molecule has 0 spiro atoms. The van der Waals surface area contributed by atoms with Crippen LogP contribution in [0.5, 0.6) is 0 Å². The van der Waals surface area contributed by atoms with Crippen LogP contribution in [0, 0.1) is 11.3 Å². The second-order valence-electron chi connectivity index (χ2n) is 5.80. The molecule has 0 aromatic heterocycles. The van der Waals surface area contributed by atoms with Gasteiger partial charge in [0.05, 0.1) is 19.7 Å². The number of rotatable bonds is 9. The van der Waals surface area contributed by atoms with Crippen molar-refractivity contribution in [3.8, 4) is 0 Å². The van der Waals surface area contributed by atoms with Crippen molar-refractivity contribution in [2.45, 2.75) is 34.6 Å². The molecule has 0 bridgehead atoms. The van der Waals surface area contributed by atoms with E-state index in [9.17, 15) is 14.4 Å². The fraction of sp³-hybridized carbons (Fsp3) is 0.786. The maximum atomic E-state index is 12.3. The van der Waals surface area contributed by atoms with E-state index in [1.807, 2.05) is 13.8 Å². The summed E-state index contributed by atoms with van der Waals surface area (Å²) in [7, 11) is 0. The Morgan fingerprint density at radius 2 is 1.75 bits per heavy atom. The minimum absolute atomic E-state index is 0.00280. The molecule has 0 aliphatic carbocycles. The van der Waals surface area contributed by atoms with Crippen LogP contribution in [-0.4, -0.2) is 48.8 Å². The molecule has 0 fully saturated rings. The zero-order chi connectivity index (χ0) is 15.9. The molecule has 0 saturated heterocycles. The standard InChI is InChI=1S/C14H26N2O4/c1-6-20-13(19)14(4,5)11(17)8-16(7-10(2)3)9-12(15)18/h10H,6-9H2,1-5H3,(H2,15,18). The number of primary amides is 1. The monoisotopic (exact) mass is 286 g/mol. The molecule has 0 radical (unpaired) electrons. The van der Waals surface area contributed by atoms with Crippen LogP contribution in [0.1, 0.15) is 34.6 Å². The lowest BCUT2D eigenvalue weighted by Gasteiger charge is -2.27. The predicted molar refractivity (Wildman–Crippen MR) is 75.9 cm³/mol. The van der Waals surface area contributed by atoms with Crippen molar-refractivity contribution >= 4 is 17.7 Å². The summed E-state index contributed by atoms with van der Waals surface area (Å²) in [6.07, 6.45) is 0. The smallest absolute Gasteiger partial charge is 0.319 e. The molecule has 0 unspecified atom stereocenters. The molecule has 0 aromatic carbocycles. The van der Waals surface area contributed by atoms with Gasteiger partial charge in [0.25, 0.3) is 0 Å². The number of esters is 1. The minimum atomic E-state index is -1.22. The summed E-state index contributed by atoms with van der Waals surface area (Å²) in [5, 5.41) is 0. The quantitative estimate of drug-likeness (QED) is 0.495. The van der Waals surface area contributed by atoms with Gasteiger partial charge in [0, 0.05) is 6.54 Å². The zero-order valence-corrected chi connectivity index (χ0v) is 13.1. The lowest BCUT2D eigenvalue weighted by atomic mass is 9.87. The van der Waals surface area contributed by atoms with Crippen LogP contribution in [0.2, 0.25) is 0 Å². The summed E-state index contributed by atoms with van der Waals surface area (Å²) in [4.78, 5) is 36.7. The Kier molecular flexibility index (Phi) is 7.42. The third-order valence-electron chi connectivity index (χ3n) is 2.85. The van der Waals surface area contributed by atoms with E-state index in [2.05, 4.69) is 0 Å². The van der Waals surface area contributed by atoms with Crippen molar-refractivity contribution in [3.63, 3.8) is 0 Å². The third-order valence-corrected chi connectivity index (χ3v) is 2.85. The third kappa shape index (κ3) is 6.14. The predicted octanol–water partition coefficient (Wildman–Crippen LogP) is 0.588. The molecule has 1 amide bonds. The maximum Gasteiger partial charge on any atom is 0.319 e. The number of nitrogens with two attached hydrogens (primary N) is 1. The maximum absolute atomic E-state index is 12.3. The number of ketones is 1. The lowest BCUT2D eigenvalue weighted by Crippen LogP contribution is -2.45. The van der Waals surface area contributed by atoms with E-state index in [1.165, 1.54) is 13.8 Å². The van der Waals surface area contributed by atoms with Crippen LogP contribution in [0.3, 0.4) is 0 Å². The topological polar surface area (TPSA) is 89.7 Å². The molecule has 0 atom stereocenters. The molecular weight excluding hydrogens is 260 g/mol. The van der Waals surface area contributed by atoms with Crippen LogP contribution < -0.4 is 5.73 Å². The molecule has 0 aromatic rings. The largest absolute Gasteiger partial charge is 0.465 e. The van der Waals surface area contributed by atoms with Gasteiger partial charge in [0.2, 0.25) is 5.91 Å². The van der Waals surface area contributed by atoms with E-state index in [0.717, 1.165) is 0 Å². The number of ether oxygens (including phenoxy) is 1. The molecule has 6 heteroatoms. The SMILES string of the molecule is CCOC(=O)C(C)(C)C(=O)CN(CC(N)=O)CC(C)C. The first-order chi connectivity index (χ1) is 9.11. The second-order valence-corrected chi connectivity index (χ2v) is 5.80. The molecular formula is C14H26N2O4. The molecule has 116 valence electrons. The number of nitrogens with zero attached hydrogens (tertiary/aromatic N) is 1. The average Bonchev–Trinajstić information content (AvgIpc) is 2.26. The van der Waals surface area contributed by atoms with Crippen LogP contribution in [-0.2, 0) is 19.1 Å². The van der Waals surface area contributed by atoms with Crippen LogP contribution >= 0.6 is 0 Å². The van der Waals surface area contributed by atoms with E-state index in [0.29, 0.717) is 6.54 Å². The van der Waals surface area contributed by atoms with E-state index in [1.54, 1.807) is 11.8 Å². The first kappa shape index (κ1) is 18.6. The van der Waals surface area contributed by atoms with Crippen molar-refractivity contribution < 1.29 is 19.1 Å². The lowest BCUT2D eigenvalue weighted by molar-refractivity contribution is -0.158. The van der Waals surface area contributed by atoms with E-state index in [4.69, 9.17) is 10.5 Å². The van der Waals surface area contributed by atoms with E-state index < -0.39 is 17.3 Å². The van der Waals surface area contributed by atoms with Gasteiger partial charge in [-0.15, -0.1) is 0 Å². The summed E-state index contributed by atoms with van der Waals surface area (Å²) < 4.78 is 4.90. The minimum Gasteiger partial charge on any atom is -0.465 e. The van der Waals surface area contributed by atoms with Gasteiger partial charge in [-0.25, -0.2) is 0 Å². The van der Waals surface area contributed by atoms with Gasteiger partial charge in [-0.1, -0.05) is 13.8 Å². The zero-order valence-electron chi connectivity index (χ0n) is 13.1. The van der Waals surface area contributed by atoms with Crippen LogP contribution in [0.15, 0.2) is 0 Å². The van der Waals surface area contributed by atoms with E-state index >= 15 is 0 Å². The number of carbonyl (C=O) groups is 3. The highest BCUT2D eigenvalue weighted by molar-refractivity contribution is 6.04. The molecule has 0 heterocycles. The number of Topliss-reactive ketones (excluding diaryl/α,β-unsaturated/α-hetero) is 1. The van der Waals surface area contributed by atoms with Gasteiger partial charge in [-0.05, 0) is 26.7 Å². The Bertz CT molecular complexity index is 364. The summed E-state index contributed by atoms with van der Waals surface area (Å²) in [6, 6.07) is 0. The molecule has 0 aliphatic heterocycles. The number of amides is 1. The Morgan fingerprint density at radius 1 is 1.20 bits per heavy atom. The van der Waals surface area contributed by atoms with Crippen molar-refractivity contribution in [1.29, 1.82) is 0 Å². The average molecular weight is 286 g/mol. The highest BCUT2D eigenvalue weighted by Gasteiger charge is 2.38. The summed E-state index contributed by atoms with van der Waals surface area (Å²) in [5.41, 5.74) is 3.96. The number of hydrogen-bond donors (Lipinski definition) is 1. The van der Waals surface area contributed by atoms with Crippen LogP contribution in [0.25, 0.3) is 0 Å². The second kappa shape index (κ2) is 7.99. The van der Waals surface area contributed by atoms with Gasteiger partial charge in [-0.3, -0.25) is 19.3 Å². The van der Waals surface area contributed by atoms with Gasteiger partial charge >= 0.3 is 5.97 Å². The first-order valence-corrected chi connectivity index (χ1v) is 6.82. The summed E-state index contributed by atoms with van der Waals surface area (Å²) in [6.45, 7) is 9.52. The van der Waals surface area contributed by atoms with Crippen molar-refractivity contribution in [3.05, 3.63) is 0 Å². The molecule has 0 rings (SSSR count). The Balaban J connectivity index is 4.80. The van der Waals surface area contributed by atoms with Gasteiger partial charge in [-0.2, -0.15) is 0 Å². The van der Waals surface area contributed by atoms with Crippen molar-refractivity contribution in [2.24, 2.45) is 17.1 Å². The van der Waals surface area contributed by atoms with Crippen LogP contribution in [0.4, 0.5) is 0 Å². The Hall–Kier alpha value is -1.43. The number of carbonyl (C=O) groups excluding carboxylic acids is 3. The van der Waals surface area contributed by atoms with E-state index in [-0.39, 0.29) is 31.4 Å². The molecule has 0 aliphatic rings. The fourth-order valence-electron chi connectivity index (χ4n) is 1.75. The van der Waals surface area contributed by atoms with Gasteiger partial charge < -0.3 is 10.5 Å².